The van der Waals surface area contributed by atoms with E-state index < -0.39 is 11.6 Å². The van der Waals surface area contributed by atoms with Gasteiger partial charge in [0, 0.05) is 38.8 Å². The van der Waals surface area contributed by atoms with Gasteiger partial charge in [-0.15, -0.1) is 0 Å². The maximum Gasteiger partial charge on any atom is 0.337 e. The van der Waals surface area contributed by atoms with E-state index in [0.717, 1.165) is 0 Å². The molecule has 1 saturated heterocycles. The number of aliphatic hydroxyl groups is 1. The normalized spacial score (nSPS) is 18.3. The number of aromatic nitrogens is 1. The lowest BCUT2D eigenvalue weighted by Crippen LogP contribution is -2.42. The summed E-state index contributed by atoms with van der Waals surface area (Å²) in [6.45, 7) is 1.34. The minimum Gasteiger partial charge on any atom is -0.478 e. The predicted octanol–water partition coefficient (Wildman–Crippen LogP) is 0.733. The number of hydrogen-bond acceptors (Lipinski definition) is 5. The summed E-state index contributed by atoms with van der Waals surface area (Å²) in [6.07, 6.45) is 3.97. The third kappa shape index (κ3) is 2.96. The first-order valence-corrected chi connectivity index (χ1v) is 5.82. The molecule has 18 heavy (non-hydrogen) atoms. The van der Waals surface area contributed by atoms with Crippen molar-refractivity contribution in [2.75, 3.05) is 25.1 Å². The first-order chi connectivity index (χ1) is 8.61. The molecule has 6 nitrogen and oxygen atoms in total. The summed E-state index contributed by atoms with van der Waals surface area (Å²) < 4.78 is 5.18. The Hall–Kier alpha value is -1.66. The van der Waals surface area contributed by atoms with Crippen LogP contribution in [0.4, 0.5) is 5.69 Å². The number of nitrogens with zero attached hydrogens (tertiary/aromatic N) is 1. The average Bonchev–Trinajstić information content (AvgIpc) is 2.38. The topological polar surface area (TPSA) is 91.7 Å². The molecule has 1 aromatic rings. The first kappa shape index (κ1) is 12.8. The van der Waals surface area contributed by atoms with Crippen LogP contribution in [0, 0.1) is 0 Å². The van der Waals surface area contributed by atoms with E-state index in [-0.39, 0.29) is 5.56 Å². The van der Waals surface area contributed by atoms with Crippen molar-refractivity contribution < 1.29 is 19.7 Å². The second-order valence-electron chi connectivity index (χ2n) is 4.42. The Kier molecular flexibility index (Phi) is 3.78. The lowest BCUT2D eigenvalue weighted by Gasteiger charge is -2.32. The Labute approximate surface area is 105 Å². The van der Waals surface area contributed by atoms with E-state index >= 15 is 0 Å². The molecule has 1 aromatic heterocycles. The molecule has 3 N–H and O–H groups in total. The monoisotopic (exact) mass is 252 g/mol. The van der Waals surface area contributed by atoms with Crippen molar-refractivity contribution in [3.05, 3.63) is 24.0 Å². The highest BCUT2D eigenvalue weighted by atomic mass is 16.5. The van der Waals surface area contributed by atoms with Gasteiger partial charge in [-0.2, -0.15) is 0 Å². The quantitative estimate of drug-likeness (QED) is 0.731. The van der Waals surface area contributed by atoms with Crippen LogP contribution >= 0.6 is 0 Å². The summed E-state index contributed by atoms with van der Waals surface area (Å²) in [6, 6.07) is 1.43. The molecule has 6 heteroatoms. The Bertz CT molecular complexity index is 430. The van der Waals surface area contributed by atoms with Gasteiger partial charge < -0.3 is 20.3 Å². The molecule has 2 rings (SSSR count). The van der Waals surface area contributed by atoms with Crippen LogP contribution in [0.15, 0.2) is 18.5 Å². The highest BCUT2D eigenvalue weighted by molar-refractivity contribution is 5.93. The zero-order valence-corrected chi connectivity index (χ0v) is 9.93. The molecule has 0 aromatic carbocycles. The number of pyridine rings is 1. The summed E-state index contributed by atoms with van der Waals surface area (Å²) in [4.78, 5) is 14.9. The number of hydrogen-bond donors (Lipinski definition) is 3. The molecule has 0 amide bonds. The molecular formula is C12H16N2O4. The van der Waals surface area contributed by atoms with Crippen molar-refractivity contribution in [1.82, 2.24) is 4.98 Å². The number of carboxylic acid groups (broad SMARTS) is 1. The van der Waals surface area contributed by atoms with Gasteiger partial charge in [-0.25, -0.2) is 4.79 Å². The molecule has 0 atom stereocenters. The van der Waals surface area contributed by atoms with E-state index in [4.69, 9.17) is 9.84 Å². The molecule has 0 radical (unpaired) electrons. The highest BCUT2D eigenvalue weighted by Gasteiger charge is 2.29. The number of anilines is 1. The first-order valence-electron chi connectivity index (χ1n) is 5.82. The van der Waals surface area contributed by atoms with Crippen molar-refractivity contribution >= 4 is 11.7 Å². The van der Waals surface area contributed by atoms with Crippen molar-refractivity contribution in [1.29, 1.82) is 0 Å². The van der Waals surface area contributed by atoms with Gasteiger partial charge in [0.05, 0.1) is 23.0 Å². The molecular weight excluding hydrogens is 236 g/mol. The minimum absolute atomic E-state index is 0.153. The highest BCUT2D eigenvalue weighted by Crippen LogP contribution is 2.22. The molecule has 1 fully saturated rings. The Balaban J connectivity index is 2.03. The van der Waals surface area contributed by atoms with Crippen LogP contribution in [0.1, 0.15) is 23.2 Å². The standard InChI is InChI=1S/C12H16N2O4/c15-11(16)9-1-4-13-7-10(9)14-8-12(17)2-5-18-6-3-12/h1,4,7,14,17H,2-3,5-6,8H2,(H,15,16). The van der Waals surface area contributed by atoms with E-state index in [1.54, 1.807) is 0 Å². The van der Waals surface area contributed by atoms with E-state index in [1.807, 2.05) is 0 Å². The van der Waals surface area contributed by atoms with Crippen LogP contribution in [0.25, 0.3) is 0 Å². The minimum atomic E-state index is -1.01. The smallest absolute Gasteiger partial charge is 0.337 e. The SMILES string of the molecule is O=C(O)c1ccncc1NCC1(O)CCOCC1. The van der Waals surface area contributed by atoms with Gasteiger partial charge in [-0.05, 0) is 6.07 Å². The maximum absolute atomic E-state index is 11.0. The van der Waals surface area contributed by atoms with Gasteiger partial charge in [0.25, 0.3) is 0 Å². The molecule has 98 valence electrons. The fraction of sp³-hybridized carbons (Fsp3) is 0.500. The summed E-state index contributed by atoms with van der Waals surface area (Å²) >= 11 is 0. The summed E-state index contributed by atoms with van der Waals surface area (Å²) in [7, 11) is 0. The van der Waals surface area contributed by atoms with E-state index in [9.17, 15) is 9.90 Å². The third-order valence-electron chi connectivity index (χ3n) is 3.08. The number of rotatable bonds is 4. The van der Waals surface area contributed by atoms with Crippen molar-refractivity contribution in [3.8, 4) is 0 Å². The van der Waals surface area contributed by atoms with E-state index in [0.29, 0.717) is 38.3 Å². The zero-order chi connectivity index (χ0) is 13.0. The maximum atomic E-state index is 11.0. The van der Waals surface area contributed by atoms with Gasteiger partial charge in [-0.3, -0.25) is 4.98 Å². The molecule has 0 unspecified atom stereocenters. The molecule has 0 spiro atoms. The Morgan fingerprint density at radius 3 is 2.89 bits per heavy atom. The average molecular weight is 252 g/mol. The third-order valence-corrected chi connectivity index (χ3v) is 3.08. The fourth-order valence-electron chi connectivity index (χ4n) is 1.91. The van der Waals surface area contributed by atoms with Gasteiger partial charge in [0.15, 0.2) is 0 Å². The van der Waals surface area contributed by atoms with Gasteiger partial charge in [0.2, 0.25) is 0 Å². The van der Waals surface area contributed by atoms with Crippen molar-refractivity contribution in [3.63, 3.8) is 0 Å². The summed E-state index contributed by atoms with van der Waals surface area (Å²) in [5.74, 6) is -1.01. The molecule has 1 aliphatic heterocycles. The number of aromatic carboxylic acids is 1. The lowest BCUT2D eigenvalue weighted by atomic mass is 9.94. The number of carboxylic acids is 1. The largest absolute Gasteiger partial charge is 0.478 e. The van der Waals surface area contributed by atoms with Crippen LogP contribution in [-0.2, 0) is 4.74 Å². The molecule has 2 heterocycles. The second kappa shape index (κ2) is 5.32. The molecule has 1 aliphatic rings. The number of ether oxygens (including phenoxy) is 1. The molecule has 0 aliphatic carbocycles. The number of nitrogens with one attached hydrogen (secondary N) is 1. The predicted molar refractivity (Wildman–Crippen MR) is 64.7 cm³/mol. The van der Waals surface area contributed by atoms with Gasteiger partial charge in [0.1, 0.15) is 0 Å². The van der Waals surface area contributed by atoms with Crippen LogP contribution in [0.3, 0.4) is 0 Å². The van der Waals surface area contributed by atoms with Gasteiger partial charge >= 0.3 is 5.97 Å². The van der Waals surface area contributed by atoms with E-state index in [2.05, 4.69) is 10.3 Å². The van der Waals surface area contributed by atoms with Crippen LogP contribution in [-0.4, -0.2) is 46.5 Å². The lowest BCUT2D eigenvalue weighted by molar-refractivity contribution is -0.0543. The summed E-state index contributed by atoms with van der Waals surface area (Å²) in [5, 5.41) is 22.2. The summed E-state index contributed by atoms with van der Waals surface area (Å²) in [5.41, 5.74) is -0.269. The van der Waals surface area contributed by atoms with Crippen molar-refractivity contribution in [2.45, 2.75) is 18.4 Å². The van der Waals surface area contributed by atoms with Crippen LogP contribution in [0.2, 0.25) is 0 Å². The number of carbonyl (C=O) groups is 1. The Morgan fingerprint density at radius 2 is 2.22 bits per heavy atom. The zero-order valence-electron chi connectivity index (χ0n) is 9.93. The van der Waals surface area contributed by atoms with Gasteiger partial charge in [-0.1, -0.05) is 0 Å². The fourth-order valence-corrected chi connectivity index (χ4v) is 1.91. The Morgan fingerprint density at radius 1 is 1.50 bits per heavy atom. The van der Waals surface area contributed by atoms with Crippen molar-refractivity contribution in [2.24, 2.45) is 0 Å². The van der Waals surface area contributed by atoms with Crippen LogP contribution < -0.4 is 5.32 Å². The van der Waals surface area contributed by atoms with Crippen LogP contribution in [0.5, 0.6) is 0 Å². The van der Waals surface area contributed by atoms with E-state index in [1.165, 1.54) is 18.5 Å². The second-order valence-corrected chi connectivity index (χ2v) is 4.42. The molecule has 0 bridgehead atoms. The molecule has 0 saturated carbocycles.